The number of rotatable bonds is 3. The van der Waals surface area contributed by atoms with Crippen LogP contribution in [0.2, 0.25) is 0 Å². The van der Waals surface area contributed by atoms with Crippen molar-refractivity contribution in [3.05, 3.63) is 0 Å². The lowest BCUT2D eigenvalue weighted by Crippen LogP contribution is -2.52. The minimum absolute atomic E-state index is 0.337. The molecule has 1 amide bonds. The smallest absolute Gasteiger partial charge is 0.222 e. The first-order valence-corrected chi connectivity index (χ1v) is 6.89. The number of hydrogen-bond donors (Lipinski definition) is 1. The highest BCUT2D eigenvalue weighted by atomic mass is 16.2. The molecular formula is C13H25N3O. The molecule has 0 aromatic heterocycles. The van der Waals surface area contributed by atoms with Crippen LogP contribution in [-0.2, 0) is 4.79 Å². The van der Waals surface area contributed by atoms with Crippen LogP contribution in [0.1, 0.15) is 26.7 Å². The highest BCUT2D eigenvalue weighted by Crippen LogP contribution is 2.13. The maximum atomic E-state index is 11.9. The summed E-state index contributed by atoms with van der Waals surface area (Å²) in [6.45, 7) is 10.4. The number of nitrogens with one attached hydrogen (secondary N) is 1. The zero-order chi connectivity index (χ0) is 12.3. The first-order valence-electron chi connectivity index (χ1n) is 6.89. The largest absolute Gasteiger partial charge is 0.340 e. The summed E-state index contributed by atoms with van der Waals surface area (Å²) in [4.78, 5) is 16.5. The Balaban J connectivity index is 1.75. The van der Waals surface area contributed by atoms with Gasteiger partial charge >= 0.3 is 0 Å². The highest BCUT2D eigenvalue weighted by Gasteiger charge is 2.27. The van der Waals surface area contributed by atoms with Crippen molar-refractivity contribution in [3.63, 3.8) is 0 Å². The zero-order valence-corrected chi connectivity index (χ0v) is 11.1. The van der Waals surface area contributed by atoms with Crippen molar-refractivity contribution in [1.29, 1.82) is 0 Å². The summed E-state index contributed by atoms with van der Waals surface area (Å²) in [7, 11) is 0. The Kier molecular flexibility index (Phi) is 4.40. The molecule has 0 aromatic rings. The molecule has 0 radical (unpaired) electrons. The molecule has 17 heavy (non-hydrogen) atoms. The maximum Gasteiger partial charge on any atom is 0.222 e. The molecule has 2 heterocycles. The van der Waals surface area contributed by atoms with Crippen molar-refractivity contribution >= 4 is 5.91 Å². The van der Waals surface area contributed by atoms with Gasteiger partial charge in [-0.05, 0) is 18.9 Å². The van der Waals surface area contributed by atoms with Crippen molar-refractivity contribution in [1.82, 2.24) is 15.1 Å². The average Bonchev–Trinajstić information content (AvgIpc) is 2.82. The average molecular weight is 239 g/mol. The molecule has 0 aliphatic carbocycles. The zero-order valence-electron chi connectivity index (χ0n) is 11.1. The predicted octanol–water partition coefficient (Wildman–Crippen LogP) is 0.539. The number of carbonyl (C=O) groups is 1. The van der Waals surface area contributed by atoms with Crippen LogP contribution in [0.5, 0.6) is 0 Å². The van der Waals surface area contributed by atoms with Gasteiger partial charge in [-0.3, -0.25) is 9.69 Å². The van der Waals surface area contributed by atoms with Gasteiger partial charge in [-0.1, -0.05) is 13.8 Å². The minimum Gasteiger partial charge on any atom is -0.340 e. The molecule has 98 valence electrons. The van der Waals surface area contributed by atoms with E-state index in [-0.39, 0.29) is 0 Å². The molecule has 2 rings (SSSR count). The summed E-state index contributed by atoms with van der Waals surface area (Å²) in [6, 6.07) is 0.706. The van der Waals surface area contributed by atoms with Gasteiger partial charge in [0.2, 0.25) is 5.91 Å². The van der Waals surface area contributed by atoms with E-state index in [2.05, 4.69) is 24.1 Å². The van der Waals surface area contributed by atoms with Gasteiger partial charge in [0, 0.05) is 45.2 Å². The standard InChI is InChI=1S/C13H25N3O/c1-11(2)9-13(17)16-7-5-15(6-8-16)12-3-4-14-10-12/h11-12,14H,3-10H2,1-2H3. The molecule has 2 fully saturated rings. The number of nitrogens with zero attached hydrogens (tertiary/aromatic N) is 2. The molecule has 2 aliphatic rings. The van der Waals surface area contributed by atoms with E-state index in [0.717, 1.165) is 39.3 Å². The molecule has 1 N–H and O–H groups in total. The summed E-state index contributed by atoms with van der Waals surface area (Å²) in [5, 5.41) is 3.41. The van der Waals surface area contributed by atoms with Gasteiger partial charge in [0.1, 0.15) is 0 Å². The quantitative estimate of drug-likeness (QED) is 0.781. The van der Waals surface area contributed by atoms with Crippen molar-refractivity contribution in [3.8, 4) is 0 Å². The van der Waals surface area contributed by atoms with Gasteiger partial charge in [-0.25, -0.2) is 0 Å². The molecule has 0 spiro atoms. The van der Waals surface area contributed by atoms with E-state index in [9.17, 15) is 4.79 Å². The summed E-state index contributed by atoms with van der Waals surface area (Å²) in [6.07, 6.45) is 1.96. The van der Waals surface area contributed by atoms with Gasteiger partial charge in [0.15, 0.2) is 0 Å². The van der Waals surface area contributed by atoms with E-state index in [0.29, 0.717) is 24.3 Å². The van der Waals surface area contributed by atoms with E-state index in [4.69, 9.17) is 0 Å². The Hall–Kier alpha value is -0.610. The Bertz CT molecular complexity index is 253. The van der Waals surface area contributed by atoms with Gasteiger partial charge in [-0.2, -0.15) is 0 Å². The molecule has 0 bridgehead atoms. The van der Waals surface area contributed by atoms with Gasteiger partial charge in [0.05, 0.1) is 0 Å². The van der Waals surface area contributed by atoms with Crippen LogP contribution >= 0.6 is 0 Å². The SMILES string of the molecule is CC(C)CC(=O)N1CCN(C2CCNC2)CC1. The first kappa shape index (κ1) is 12.8. The second-order valence-corrected chi connectivity index (χ2v) is 5.66. The van der Waals surface area contributed by atoms with E-state index < -0.39 is 0 Å². The molecule has 0 aromatic carbocycles. The summed E-state index contributed by atoms with van der Waals surface area (Å²) in [5.41, 5.74) is 0. The maximum absolute atomic E-state index is 11.9. The van der Waals surface area contributed by atoms with Crippen LogP contribution in [0.4, 0.5) is 0 Å². The number of amides is 1. The molecule has 1 atom stereocenters. The van der Waals surface area contributed by atoms with Crippen LogP contribution < -0.4 is 5.32 Å². The summed E-state index contributed by atoms with van der Waals surface area (Å²) in [5.74, 6) is 0.809. The number of hydrogen-bond acceptors (Lipinski definition) is 3. The van der Waals surface area contributed by atoms with Gasteiger partial charge < -0.3 is 10.2 Å². The molecule has 4 nitrogen and oxygen atoms in total. The van der Waals surface area contributed by atoms with Crippen molar-refractivity contribution in [2.75, 3.05) is 39.3 Å². The molecule has 1 unspecified atom stereocenters. The second kappa shape index (κ2) is 5.83. The van der Waals surface area contributed by atoms with E-state index in [1.807, 2.05) is 4.90 Å². The van der Waals surface area contributed by atoms with Crippen LogP contribution in [0, 0.1) is 5.92 Å². The molecule has 0 saturated carbocycles. The Morgan fingerprint density at radius 1 is 1.29 bits per heavy atom. The molecular weight excluding hydrogens is 214 g/mol. The Morgan fingerprint density at radius 2 is 2.00 bits per heavy atom. The number of carbonyl (C=O) groups excluding carboxylic acids is 1. The fourth-order valence-corrected chi connectivity index (χ4v) is 2.77. The minimum atomic E-state index is 0.337. The summed E-state index contributed by atoms with van der Waals surface area (Å²) >= 11 is 0. The van der Waals surface area contributed by atoms with Gasteiger partial charge in [0.25, 0.3) is 0 Å². The van der Waals surface area contributed by atoms with Crippen LogP contribution in [0.15, 0.2) is 0 Å². The third-order valence-corrected chi connectivity index (χ3v) is 3.80. The van der Waals surface area contributed by atoms with Crippen LogP contribution in [0.25, 0.3) is 0 Å². The normalized spacial score (nSPS) is 26.8. The number of piperazine rings is 1. The highest BCUT2D eigenvalue weighted by molar-refractivity contribution is 5.76. The molecule has 2 aliphatic heterocycles. The Morgan fingerprint density at radius 3 is 2.53 bits per heavy atom. The van der Waals surface area contributed by atoms with Crippen molar-refractivity contribution < 1.29 is 4.79 Å². The first-order chi connectivity index (χ1) is 8.16. The van der Waals surface area contributed by atoms with Crippen molar-refractivity contribution in [2.24, 2.45) is 5.92 Å². The molecule has 2 saturated heterocycles. The Labute approximate surface area is 104 Å². The van der Waals surface area contributed by atoms with E-state index in [1.165, 1.54) is 6.42 Å². The summed E-state index contributed by atoms with van der Waals surface area (Å²) < 4.78 is 0. The topological polar surface area (TPSA) is 35.6 Å². The third kappa shape index (κ3) is 3.42. The third-order valence-electron chi connectivity index (χ3n) is 3.80. The second-order valence-electron chi connectivity index (χ2n) is 5.66. The van der Waals surface area contributed by atoms with Crippen LogP contribution in [0.3, 0.4) is 0 Å². The van der Waals surface area contributed by atoms with E-state index >= 15 is 0 Å². The monoisotopic (exact) mass is 239 g/mol. The molecule has 4 heteroatoms. The van der Waals surface area contributed by atoms with Gasteiger partial charge in [-0.15, -0.1) is 0 Å². The van der Waals surface area contributed by atoms with Crippen LogP contribution in [-0.4, -0.2) is 61.0 Å². The fourth-order valence-electron chi connectivity index (χ4n) is 2.77. The lowest BCUT2D eigenvalue weighted by atomic mass is 10.1. The predicted molar refractivity (Wildman–Crippen MR) is 68.9 cm³/mol. The lowest BCUT2D eigenvalue weighted by Gasteiger charge is -2.38. The van der Waals surface area contributed by atoms with Crippen molar-refractivity contribution in [2.45, 2.75) is 32.7 Å². The van der Waals surface area contributed by atoms with E-state index in [1.54, 1.807) is 0 Å². The fraction of sp³-hybridized carbons (Fsp3) is 0.923. The lowest BCUT2D eigenvalue weighted by molar-refractivity contribution is -0.134.